The summed E-state index contributed by atoms with van der Waals surface area (Å²) in [6.07, 6.45) is 7.86. The maximum absolute atomic E-state index is 5.74. The molecule has 1 saturated heterocycles. The normalized spacial score (nSPS) is 22.6. The van der Waals surface area contributed by atoms with E-state index in [4.69, 9.17) is 4.74 Å². The number of ether oxygens (including phenoxy) is 1. The highest BCUT2D eigenvalue weighted by Gasteiger charge is 2.18. The van der Waals surface area contributed by atoms with E-state index in [0.29, 0.717) is 0 Å². The largest absolute Gasteiger partial charge is 0.490 e. The molecule has 3 rings (SSSR count). The zero-order chi connectivity index (χ0) is 12.8. The Labute approximate surface area is 110 Å². The highest BCUT2D eigenvalue weighted by molar-refractivity contribution is 5.42. The summed E-state index contributed by atoms with van der Waals surface area (Å²) < 4.78 is 5.74. The molecule has 100 valence electrons. The molecule has 3 heteroatoms. The summed E-state index contributed by atoms with van der Waals surface area (Å²) in [6.45, 7) is 7.91. The van der Waals surface area contributed by atoms with E-state index in [1.165, 1.54) is 16.8 Å². The van der Waals surface area contributed by atoms with Crippen molar-refractivity contribution in [1.82, 2.24) is 10.6 Å². The van der Waals surface area contributed by atoms with Crippen LogP contribution < -0.4 is 10.6 Å². The third-order valence-corrected chi connectivity index (χ3v) is 3.41. The van der Waals surface area contributed by atoms with Gasteiger partial charge in [-0.3, -0.25) is 0 Å². The quantitative estimate of drug-likeness (QED) is 0.691. The van der Waals surface area contributed by atoms with Crippen molar-refractivity contribution in [3.8, 4) is 0 Å². The highest BCUT2D eigenvalue weighted by atomic mass is 16.5. The van der Waals surface area contributed by atoms with E-state index in [2.05, 4.69) is 22.8 Å². The summed E-state index contributed by atoms with van der Waals surface area (Å²) in [5, 5.41) is 6.88. The van der Waals surface area contributed by atoms with Crippen LogP contribution in [0.4, 0.5) is 0 Å². The molecule has 0 bridgehead atoms. The molecule has 1 aliphatic carbocycles. The lowest BCUT2D eigenvalue weighted by Crippen LogP contribution is -2.25. The van der Waals surface area contributed by atoms with Crippen LogP contribution in [0, 0.1) is 0 Å². The Kier molecular flexibility index (Phi) is 4.88. The first-order chi connectivity index (χ1) is 8.93. The van der Waals surface area contributed by atoms with Crippen LogP contribution >= 0.6 is 0 Å². The van der Waals surface area contributed by atoms with Gasteiger partial charge in [-0.05, 0) is 43.2 Å². The lowest BCUT2D eigenvalue weighted by molar-refractivity contribution is 0.202. The zero-order valence-corrected chi connectivity index (χ0v) is 11.5. The predicted molar refractivity (Wildman–Crippen MR) is 75.2 cm³/mol. The fourth-order valence-corrected chi connectivity index (χ4v) is 2.51. The lowest BCUT2D eigenvalue weighted by Gasteiger charge is -2.20. The average molecular weight is 248 g/mol. The molecule has 3 aliphatic rings. The fourth-order valence-electron chi connectivity index (χ4n) is 2.51. The van der Waals surface area contributed by atoms with E-state index in [-0.39, 0.29) is 0 Å². The maximum atomic E-state index is 5.74. The van der Waals surface area contributed by atoms with E-state index >= 15 is 0 Å². The molecule has 0 radical (unpaired) electrons. The third kappa shape index (κ3) is 2.96. The van der Waals surface area contributed by atoms with Crippen molar-refractivity contribution in [2.24, 2.45) is 0 Å². The summed E-state index contributed by atoms with van der Waals surface area (Å²) >= 11 is 0. The van der Waals surface area contributed by atoms with E-state index in [1.807, 2.05) is 13.8 Å². The van der Waals surface area contributed by atoms with Gasteiger partial charge in [-0.15, -0.1) is 0 Å². The predicted octanol–water partition coefficient (Wildman–Crippen LogP) is 2.48. The van der Waals surface area contributed by atoms with Gasteiger partial charge in [0.25, 0.3) is 0 Å². The van der Waals surface area contributed by atoms with Crippen molar-refractivity contribution in [2.75, 3.05) is 26.2 Å². The average Bonchev–Trinajstić information content (AvgIpc) is 2.74. The fraction of sp³-hybridized carbons (Fsp3) is 0.600. The van der Waals surface area contributed by atoms with E-state index in [9.17, 15) is 0 Å². The first kappa shape index (κ1) is 13.2. The molecule has 2 N–H and O–H groups in total. The van der Waals surface area contributed by atoms with Crippen LogP contribution in [-0.2, 0) is 4.74 Å². The maximum Gasteiger partial charge on any atom is 0.138 e. The molecule has 0 aromatic carbocycles. The standard InChI is InChI=1S/C13H18N2O.C2H6/c1-2-12-13(16-8-7-15-12)9-11-4-6-14-5-3-10(1)11;1-2/h1,9,14-15H,2-8H2;1-2H3. The smallest absolute Gasteiger partial charge is 0.138 e. The number of hydrogen-bond donors (Lipinski definition) is 2. The minimum Gasteiger partial charge on any atom is -0.490 e. The summed E-state index contributed by atoms with van der Waals surface area (Å²) in [6, 6.07) is 0. The van der Waals surface area contributed by atoms with Gasteiger partial charge in [0.1, 0.15) is 12.4 Å². The van der Waals surface area contributed by atoms with E-state index in [0.717, 1.165) is 51.3 Å². The van der Waals surface area contributed by atoms with Crippen LogP contribution in [-0.4, -0.2) is 26.2 Å². The van der Waals surface area contributed by atoms with Crippen molar-refractivity contribution >= 4 is 0 Å². The Balaban J connectivity index is 0.000000574. The van der Waals surface area contributed by atoms with Crippen molar-refractivity contribution < 1.29 is 4.74 Å². The van der Waals surface area contributed by atoms with Gasteiger partial charge < -0.3 is 15.4 Å². The minimum atomic E-state index is 0.788. The Morgan fingerprint density at radius 3 is 2.67 bits per heavy atom. The van der Waals surface area contributed by atoms with Gasteiger partial charge in [-0.1, -0.05) is 19.9 Å². The summed E-state index contributed by atoms with van der Waals surface area (Å²) in [4.78, 5) is 0. The zero-order valence-electron chi connectivity index (χ0n) is 11.5. The second kappa shape index (κ2) is 6.64. The van der Waals surface area contributed by atoms with Crippen LogP contribution in [0.5, 0.6) is 0 Å². The van der Waals surface area contributed by atoms with Gasteiger partial charge in [-0.25, -0.2) is 0 Å². The Hall–Kier alpha value is -1.22. The first-order valence-electron chi connectivity index (χ1n) is 7.14. The first-order valence-corrected chi connectivity index (χ1v) is 7.14. The number of allylic oxidation sites excluding steroid dienone is 2. The second-order valence-corrected chi connectivity index (χ2v) is 4.47. The van der Waals surface area contributed by atoms with Crippen molar-refractivity contribution in [1.29, 1.82) is 0 Å². The molecule has 18 heavy (non-hydrogen) atoms. The van der Waals surface area contributed by atoms with Crippen LogP contribution in [0.15, 0.2) is 34.8 Å². The van der Waals surface area contributed by atoms with Crippen LogP contribution in [0.25, 0.3) is 0 Å². The van der Waals surface area contributed by atoms with Crippen LogP contribution in [0.2, 0.25) is 0 Å². The SMILES string of the molecule is C1=C2CCNCCC2=CC2=C(C1)NCCO2.CC. The molecule has 2 aliphatic heterocycles. The topological polar surface area (TPSA) is 33.3 Å². The molecule has 2 heterocycles. The van der Waals surface area contributed by atoms with Crippen LogP contribution in [0.1, 0.15) is 33.1 Å². The second-order valence-electron chi connectivity index (χ2n) is 4.47. The lowest BCUT2D eigenvalue weighted by atomic mass is 10.0. The van der Waals surface area contributed by atoms with Gasteiger partial charge in [-0.2, -0.15) is 0 Å². The van der Waals surface area contributed by atoms with E-state index < -0.39 is 0 Å². The van der Waals surface area contributed by atoms with Crippen LogP contribution in [0.3, 0.4) is 0 Å². The molecule has 0 amide bonds. The summed E-state index contributed by atoms with van der Waals surface area (Å²) in [5.41, 5.74) is 4.22. The Morgan fingerprint density at radius 2 is 1.83 bits per heavy atom. The minimum absolute atomic E-state index is 0.788. The number of nitrogens with one attached hydrogen (secondary N) is 2. The van der Waals surface area contributed by atoms with E-state index in [1.54, 1.807) is 0 Å². The number of fused-ring (bicyclic) bond motifs is 1. The molecular formula is C15H24N2O. The molecular weight excluding hydrogens is 224 g/mol. The molecule has 0 aromatic rings. The van der Waals surface area contributed by atoms with Crippen molar-refractivity contribution in [3.63, 3.8) is 0 Å². The molecule has 1 fully saturated rings. The van der Waals surface area contributed by atoms with Crippen molar-refractivity contribution in [2.45, 2.75) is 33.1 Å². The molecule has 0 saturated carbocycles. The Bertz CT molecular complexity index is 380. The molecule has 0 aromatic heterocycles. The Morgan fingerprint density at radius 1 is 1.06 bits per heavy atom. The van der Waals surface area contributed by atoms with Gasteiger partial charge in [0.2, 0.25) is 0 Å². The van der Waals surface area contributed by atoms with Gasteiger partial charge in [0, 0.05) is 13.0 Å². The van der Waals surface area contributed by atoms with Gasteiger partial charge in [0.15, 0.2) is 0 Å². The van der Waals surface area contributed by atoms with Gasteiger partial charge >= 0.3 is 0 Å². The highest BCUT2D eigenvalue weighted by Crippen LogP contribution is 2.28. The molecule has 0 spiro atoms. The molecule has 0 atom stereocenters. The van der Waals surface area contributed by atoms with Crippen molar-refractivity contribution in [3.05, 3.63) is 34.8 Å². The summed E-state index contributed by atoms with van der Waals surface area (Å²) in [5.74, 6) is 1.06. The molecule has 3 nitrogen and oxygen atoms in total. The number of hydrogen-bond acceptors (Lipinski definition) is 3. The summed E-state index contributed by atoms with van der Waals surface area (Å²) in [7, 11) is 0. The van der Waals surface area contributed by atoms with Gasteiger partial charge in [0.05, 0.1) is 5.70 Å². The monoisotopic (exact) mass is 248 g/mol. The number of rotatable bonds is 0. The third-order valence-electron chi connectivity index (χ3n) is 3.41. The molecule has 0 unspecified atom stereocenters.